The molecular formula is C15H16N2O2. The number of nitrogens with zero attached hydrogens (tertiary/aromatic N) is 2. The molecule has 0 aliphatic heterocycles. The van der Waals surface area contributed by atoms with Crippen molar-refractivity contribution in [1.82, 2.24) is 9.55 Å². The first-order valence-electron chi connectivity index (χ1n) is 6.41. The Morgan fingerprint density at radius 3 is 2.74 bits per heavy atom. The third-order valence-electron chi connectivity index (χ3n) is 3.90. The predicted octanol–water partition coefficient (Wildman–Crippen LogP) is 2.59. The Kier molecular flexibility index (Phi) is 2.66. The zero-order valence-electron chi connectivity index (χ0n) is 10.8. The molecular weight excluding hydrogens is 240 g/mol. The van der Waals surface area contributed by atoms with Crippen LogP contribution in [0.15, 0.2) is 36.7 Å². The number of carbonyl (C=O) groups is 1. The molecule has 1 fully saturated rings. The second kappa shape index (κ2) is 4.23. The topological polar surface area (TPSA) is 55.1 Å². The van der Waals surface area contributed by atoms with Crippen molar-refractivity contribution in [1.29, 1.82) is 0 Å². The number of hydrogen-bond acceptors (Lipinski definition) is 2. The summed E-state index contributed by atoms with van der Waals surface area (Å²) in [5, 5.41) is 9.11. The van der Waals surface area contributed by atoms with E-state index >= 15 is 0 Å². The Morgan fingerprint density at radius 2 is 2.16 bits per heavy atom. The monoisotopic (exact) mass is 256 g/mol. The van der Waals surface area contributed by atoms with Crippen LogP contribution >= 0.6 is 0 Å². The molecule has 1 saturated carbocycles. The highest BCUT2D eigenvalue weighted by Crippen LogP contribution is 2.53. The summed E-state index contributed by atoms with van der Waals surface area (Å²) in [5.41, 5.74) is 1.98. The molecule has 0 atom stereocenters. The predicted molar refractivity (Wildman–Crippen MR) is 71.8 cm³/mol. The van der Waals surface area contributed by atoms with Crippen molar-refractivity contribution in [2.24, 2.45) is 7.05 Å². The van der Waals surface area contributed by atoms with E-state index in [-0.39, 0.29) is 11.8 Å². The lowest BCUT2D eigenvalue weighted by atomic mass is 9.88. The summed E-state index contributed by atoms with van der Waals surface area (Å²) in [6.07, 6.45) is 5.77. The lowest BCUT2D eigenvalue weighted by molar-refractivity contribution is -0.137. The number of hydrogen-bond donors (Lipinski definition) is 1. The minimum atomic E-state index is -0.729. The summed E-state index contributed by atoms with van der Waals surface area (Å²) in [6, 6.07) is 8.02. The fourth-order valence-corrected chi connectivity index (χ4v) is 2.75. The molecule has 0 unspecified atom stereocenters. The summed E-state index contributed by atoms with van der Waals surface area (Å²) in [5.74, 6) is 0.166. The Balaban J connectivity index is 2.09. The van der Waals surface area contributed by atoms with Crippen LogP contribution in [0.4, 0.5) is 0 Å². The van der Waals surface area contributed by atoms with E-state index in [2.05, 4.69) is 4.98 Å². The molecule has 1 aliphatic rings. The second-order valence-electron chi connectivity index (χ2n) is 5.26. The maximum Gasteiger partial charge on any atom is 0.304 e. The van der Waals surface area contributed by atoms with Crippen LogP contribution in [0.25, 0.3) is 11.4 Å². The lowest BCUT2D eigenvalue weighted by Gasteiger charge is -2.17. The summed E-state index contributed by atoms with van der Waals surface area (Å²) in [6.45, 7) is 0. The number of aliphatic carboxylic acids is 1. The third kappa shape index (κ3) is 2.03. The van der Waals surface area contributed by atoms with Crippen LogP contribution in [0.2, 0.25) is 0 Å². The molecule has 1 N–H and O–H groups in total. The molecule has 4 nitrogen and oxygen atoms in total. The van der Waals surface area contributed by atoms with Crippen molar-refractivity contribution < 1.29 is 9.90 Å². The first-order chi connectivity index (χ1) is 9.12. The molecule has 0 bridgehead atoms. The lowest BCUT2D eigenvalue weighted by Crippen LogP contribution is -2.14. The van der Waals surface area contributed by atoms with Gasteiger partial charge in [0.1, 0.15) is 5.82 Å². The van der Waals surface area contributed by atoms with Gasteiger partial charge in [-0.15, -0.1) is 0 Å². The third-order valence-corrected chi connectivity index (χ3v) is 3.90. The van der Waals surface area contributed by atoms with Gasteiger partial charge in [0.05, 0.1) is 6.42 Å². The normalized spacial score (nSPS) is 16.3. The van der Waals surface area contributed by atoms with E-state index in [4.69, 9.17) is 5.11 Å². The zero-order valence-corrected chi connectivity index (χ0v) is 10.8. The molecule has 1 aromatic carbocycles. The van der Waals surface area contributed by atoms with Gasteiger partial charge in [-0.1, -0.05) is 24.3 Å². The maximum absolute atomic E-state index is 11.1. The van der Waals surface area contributed by atoms with Crippen molar-refractivity contribution in [3.8, 4) is 11.4 Å². The van der Waals surface area contributed by atoms with Gasteiger partial charge in [0, 0.05) is 30.4 Å². The molecule has 1 aromatic heterocycles. The SMILES string of the molecule is Cn1ccnc1-c1ccccc1C1(CC(=O)O)CC1. The van der Waals surface area contributed by atoms with Crippen molar-refractivity contribution in [3.63, 3.8) is 0 Å². The minimum Gasteiger partial charge on any atom is -0.481 e. The van der Waals surface area contributed by atoms with Crippen molar-refractivity contribution in [2.75, 3.05) is 0 Å². The Labute approximate surface area is 111 Å². The number of carboxylic acid groups (broad SMARTS) is 1. The van der Waals surface area contributed by atoms with Crippen LogP contribution < -0.4 is 0 Å². The molecule has 3 rings (SSSR count). The van der Waals surface area contributed by atoms with Gasteiger partial charge in [0.25, 0.3) is 0 Å². The van der Waals surface area contributed by atoms with Crippen LogP contribution in [0.1, 0.15) is 24.8 Å². The van der Waals surface area contributed by atoms with E-state index in [0.29, 0.717) is 0 Å². The number of rotatable bonds is 4. The first kappa shape index (κ1) is 12.0. The van der Waals surface area contributed by atoms with E-state index in [9.17, 15) is 4.79 Å². The van der Waals surface area contributed by atoms with Crippen LogP contribution in [-0.4, -0.2) is 20.6 Å². The highest BCUT2D eigenvalue weighted by atomic mass is 16.4. The number of imidazole rings is 1. The summed E-state index contributed by atoms with van der Waals surface area (Å²) >= 11 is 0. The van der Waals surface area contributed by atoms with Gasteiger partial charge in [-0.05, 0) is 18.4 Å². The largest absolute Gasteiger partial charge is 0.481 e. The number of aromatic nitrogens is 2. The highest BCUT2D eigenvalue weighted by Gasteiger charge is 2.47. The second-order valence-corrected chi connectivity index (χ2v) is 5.26. The smallest absolute Gasteiger partial charge is 0.304 e. The van der Waals surface area contributed by atoms with Gasteiger partial charge < -0.3 is 9.67 Å². The fraction of sp³-hybridized carbons (Fsp3) is 0.333. The molecule has 0 radical (unpaired) electrons. The van der Waals surface area contributed by atoms with Crippen LogP contribution in [-0.2, 0) is 17.3 Å². The van der Waals surface area contributed by atoms with Crippen molar-refractivity contribution in [2.45, 2.75) is 24.7 Å². The first-order valence-corrected chi connectivity index (χ1v) is 6.41. The fourth-order valence-electron chi connectivity index (χ4n) is 2.75. The number of aryl methyl sites for hydroxylation is 1. The van der Waals surface area contributed by atoms with E-state index in [1.165, 1.54) is 0 Å². The van der Waals surface area contributed by atoms with E-state index in [0.717, 1.165) is 29.8 Å². The average Bonchev–Trinajstić information content (AvgIpc) is 3.02. The van der Waals surface area contributed by atoms with Crippen LogP contribution in [0, 0.1) is 0 Å². The average molecular weight is 256 g/mol. The summed E-state index contributed by atoms with van der Waals surface area (Å²) < 4.78 is 1.97. The van der Waals surface area contributed by atoms with Crippen molar-refractivity contribution >= 4 is 5.97 Å². The molecule has 1 aliphatic carbocycles. The Hall–Kier alpha value is -2.10. The summed E-state index contributed by atoms with van der Waals surface area (Å²) in [7, 11) is 1.95. The Morgan fingerprint density at radius 1 is 1.42 bits per heavy atom. The van der Waals surface area contributed by atoms with E-state index < -0.39 is 5.97 Å². The molecule has 1 heterocycles. The quantitative estimate of drug-likeness (QED) is 0.914. The maximum atomic E-state index is 11.1. The summed E-state index contributed by atoms with van der Waals surface area (Å²) in [4.78, 5) is 15.5. The van der Waals surface area contributed by atoms with Gasteiger partial charge in [-0.3, -0.25) is 4.79 Å². The van der Waals surface area contributed by atoms with Gasteiger partial charge in [-0.25, -0.2) is 4.98 Å². The van der Waals surface area contributed by atoms with E-state index in [1.807, 2.05) is 42.1 Å². The molecule has 2 aromatic rings. The van der Waals surface area contributed by atoms with Gasteiger partial charge in [-0.2, -0.15) is 0 Å². The molecule has 0 spiro atoms. The molecule has 98 valence electrons. The highest BCUT2D eigenvalue weighted by molar-refractivity contribution is 5.73. The minimum absolute atomic E-state index is 0.186. The number of carboxylic acids is 1. The number of benzene rings is 1. The van der Waals surface area contributed by atoms with Gasteiger partial charge in [0.15, 0.2) is 0 Å². The Bertz CT molecular complexity index is 627. The molecule has 0 saturated heterocycles. The molecule has 19 heavy (non-hydrogen) atoms. The zero-order chi connectivity index (χ0) is 13.5. The van der Waals surface area contributed by atoms with Crippen molar-refractivity contribution in [3.05, 3.63) is 42.2 Å². The van der Waals surface area contributed by atoms with Crippen LogP contribution in [0.3, 0.4) is 0 Å². The molecule has 4 heteroatoms. The van der Waals surface area contributed by atoms with Gasteiger partial charge in [0.2, 0.25) is 0 Å². The standard InChI is InChI=1S/C15H16N2O2/c1-17-9-8-16-14(17)11-4-2-3-5-12(11)15(6-7-15)10-13(18)19/h2-5,8-9H,6-7,10H2,1H3,(H,18,19). The van der Waals surface area contributed by atoms with Crippen LogP contribution in [0.5, 0.6) is 0 Å². The van der Waals surface area contributed by atoms with Gasteiger partial charge >= 0.3 is 5.97 Å². The molecule has 0 amide bonds. The van der Waals surface area contributed by atoms with E-state index in [1.54, 1.807) is 6.20 Å².